The maximum atomic E-state index is 12.9. The lowest BCUT2D eigenvalue weighted by molar-refractivity contribution is -0.870. The maximum absolute atomic E-state index is 12.9. The molecule has 0 aromatic carbocycles. The van der Waals surface area contributed by atoms with Gasteiger partial charge in [0.15, 0.2) is 12.4 Å². The fourth-order valence-electron chi connectivity index (χ4n) is 9.15. The Bertz CT molecular complexity index is 1860. The lowest BCUT2D eigenvalue weighted by atomic mass is 10.0. The number of carbonyl (C=O) groups is 3. The summed E-state index contributed by atoms with van der Waals surface area (Å²) in [6.45, 7) is 4.59. The van der Waals surface area contributed by atoms with E-state index in [-0.39, 0.29) is 38.6 Å². The molecule has 9 nitrogen and oxygen atoms in total. The Morgan fingerprint density at radius 2 is 0.671 bits per heavy atom. The summed E-state index contributed by atoms with van der Waals surface area (Å²) < 4.78 is 22.7. The Morgan fingerprint density at radius 1 is 0.365 bits per heavy atom. The van der Waals surface area contributed by atoms with Crippen LogP contribution in [0.3, 0.4) is 0 Å². The topological polar surface area (TPSA) is 111 Å². The zero-order chi connectivity index (χ0) is 61.9. The molecule has 0 aromatic heterocycles. The molecule has 0 N–H and O–H groups in total. The van der Waals surface area contributed by atoms with Crippen LogP contribution in [0, 0.1) is 0 Å². The molecule has 2 unspecified atom stereocenters. The highest BCUT2D eigenvalue weighted by molar-refractivity contribution is 5.70. The quantitative estimate of drug-likeness (QED) is 0.0195. The van der Waals surface area contributed by atoms with Crippen molar-refractivity contribution in [3.8, 4) is 0 Å². The van der Waals surface area contributed by atoms with Crippen LogP contribution in [0.5, 0.6) is 0 Å². The predicted octanol–water partition coefficient (Wildman–Crippen LogP) is 20.0. The van der Waals surface area contributed by atoms with Crippen LogP contribution in [0.15, 0.2) is 134 Å². The van der Waals surface area contributed by atoms with Gasteiger partial charge in [0.05, 0.1) is 40.3 Å². The molecule has 0 aliphatic heterocycles. The second kappa shape index (κ2) is 65.4. The average Bonchev–Trinajstić information content (AvgIpc) is 3.49. The number of ether oxygens (including phenoxy) is 4. The largest absolute Gasteiger partial charge is 0.545 e. The molecule has 484 valence electrons. The summed E-state index contributed by atoms with van der Waals surface area (Å²) in [7, 11) is 5.91. The molecular weight excluding hydrogens is 1050 g/mol. The second-order valence-electron chi connectivity index (χ2n) is 23.7. The number of likely N-dealkylation sites (N-methyl/N-ethyl adjacent to an activating group) is 1. The first-order valence-electron chi connectivity index (χ1n) is 34.3. The van der Waals surface area contributed by atoms with Gasteiger partial charge in [-0.15, -0.1) is 0 Å². The number of nitrogens with zero attached hydrogens (tertiary/aromatic N) is 1. The van der Waals surface area contributed by atoms with E-state index in [1.807, 2.05) is 21.1 Å². The van der Waals surface area contributed by atoms with Gasteiger partial charge in [0, 0.05) is 12.8 Å². The number of quaternary nitrogens is 1. The number of hydrogen-bond donors (Lipinski definition) is 0. The fraction of sp³-hybridized carbons (Fsp3) is 0.671. The van der Waals surface area contributed by atoms with Crippen molar-refractivity contribution in [1.29, 1.82) is 0 Å². The van der Waals surface area contributed by atoms with Gasteiger partial charge in [0.1, 0.15) is 13.2 Å². The molecule has 0 saturated carbocycles. The van der Waals surface area contributed by atoms with Crippen molar-refractivity contribution in [3.05, 3.63) is 134 Å². The molecule has 2 atom stereocenters. The molecule has 85 heavy (non-hydrogen) atoms. The van der Waals surface area contributed by atoms with Crippen molar-refractivity contribution >= 4 is 17.9 Å². The number of carbonyl (C=O) groups excluding carboxylic acids is 3. The summed E-state index contributed by atoms with van der Waals surface area (Å²) in [6.07, 6.45) is 91.0. The van der Waals surface area contributed by atoms with E-state index in [0.717, 1.165) is 103 Å². The van der Waals surface area contributed by atoms with E-state index < -0.39 is 24.3 Å². The number of carboxylic acid groups (broad SMARTS) is 1. The van der Waals surface area contributed by atoms with Crippen molar-refractivity contribution in [3.63, 3.8) is 0 Å². The minimum absolute atomic E-state index is 0.134. The average molecular weight is 1180 g/mol. The third-order valence-electron chi connectivity index (χ3n) is 14.4. The van der Waals surface area contributed by atoms with Crippen LogP contribution in [-0.4, -0.2) is 82.3 Å². The summed E-state index contributed by atoms with van der Waals surface area (Å²) in [5.41, 5.74) is 0. The van der Waals surface area contributed by atoms with E-state index in [2.05, 4.69) is 148 Å². The van der Waals surface area contributed by atoms with Gasteiger partial charge in [-0.3, -0.25) is 9.59 Å². The lowest BCUT2D eigenvalue weighted by Crippen LogP contribution is -2.44. The van der Waals surface area contributed by atoms with Crippen molar-refractivity contribution < 1.29 is 42.9 Å². The van der Waals surface area contributed by atoms with E-state index >= 15 is 0 Å². The highest BCUT2D eigenvalue weighted by atomic mass is 16.7. The fourth-order valence-corrected chi connectivity index (χ4v) is 9.15. The lowest BCUT2D eigenvalue weighted by Gasteiger charge is -2.26. The maximum Gasteiger partial charge on any atom is 0.306 e. The molecule has 0 amide bonds. The van der Waals surface area contributed by atoms with E-state index in [9.17, 15) is 19.5 Å². The van der Waals surface area contributed by atoms with Crippen LogP contribution in [0.1, 0.15) is 271 Å². The van der Waals surface area contributed by atoms with Gasteiger partial charge in [0.2, 0.25) is 0 Å². The molecule has 0 heterocycles. The van der Waals surface area contributed by atoms with E-state index in [0.29, 0.717) is 17.4 Å². The number of aliphatic carboxylic acids is 1. The second-order valence-corrected chi connectivity index (χ2v) is 23.7. The van der Waals surface area contributed by atoms with Gasteiger partial charge in [-0.05, 0) is 116 Å². The summed E-state index contributed by atoms with van der Waals surface area (Å²) in [4.78, 5) is 37.5. The number of carboxylic acids is 1. The van der Waals surface area contributed by atoms with Crippen molar-refractivity contribution in [2.45, 2.75) is 283 Å². The van der Waals surface area contributed by atoms with Crippen LogP contribution < -0.4 is 5.11 Å². The molecule has 9 heteroatoms. The Hall–Kier alpha value is -4.57. The standard InChI is InChI=1S/C76H127NO8/c1-6-8-10-12-14-16-18-20-22-24-26-28-30-32-34-36-37-39-41-43-45-47-49-51-53-55-57-59-61-63-65-67-74(79)85-72(71-84-76(75(80)81)82-69-68-77(3,4)5)70-83-73(78)66-64-62-60-58-56-54-52-50-48-46-44-42-40-38-35-33-31-29-27-25-23-21-19-17-15-13-11-9-7-2/h8,10,14,16,19-22,25-28,32,34,37,39,43,45,49,51,55,57,72,76H,6-7,9,11-13,15,17-18,23-24,29-31,33,35-36,38,40-42,44,46-48,50,52-54,56,58-71H2,1-5H3/b10-8-,16-14-,21-19-,22-20-,27-25-,28-26-,34-32-,39-37-,45-43-,51-49-,57-55-. The Labute approximate surface area is 522 Å². The first-order valence-corrected chi connectivity index (χ1v) is 34.3. The number of hydrogen-bond acceptors (Lipinski definition) is 8. The minimum Gasteiger partial charge on any atom is -0.545 e. The highest BCUT2D eigenvalue weighted by Gasteiger charge is 2.22. The van der Waals surface area contributed by atoms with Crippen LogP contribution in [0.25, 0.3) is 0 Å². The summed E-state index contributed by atoms with van der Waals surface area (Å²) in [6, 6.07) is 0. The Morgan fingerprint density at radius 3 is 1.01 bits per heavy atom. The number of esters is 2. The Kier molecular flexibility index (Phi) is 61.9. The van der Waals surface area contributed by atoms with Crippen LogP contribution in [0.2, 0.25) is 0 Å². The normalized spacial score (nSPS) is 13.6. The van der Waals surface area contributed by atoms with Gasteiger partial charge < -0.3 is 33.3 Å². The van der Waals surface area contributed by atoms with Gasteiger partial charge in [-0.25, -0.2) is 0 Å². The van der Waals surface area contributed by atoms with Gasteiger partial charge in [0.25, 0.3) is 0 Å². The molecule has 0 fully saturated rings. The van der Waals surface area contributed by atoms with Crippen molar-refractivity contribution in [2.24, 2.45) is 0 Å². The van der Waals surface area contributed by atoms with Crippen molar-refractivity contribution in [1.82, 2.24) is 0 Å². The van der Waals surface area contributed by atoms with E-state index in [1.165, 1.54) is 135 Å². The van der Waals surface area contributed by atoms with Crippen molar-refractivity contribution in [2.75, 3.05) is 47.5 Å². The number of unbranched alkanes of at least 4 members (excludes halogenated alkanes) is 25. The Balaban J connectivity index is 4.24. The zero-order valence-electron chi connectivity index (χ0n) is 55.2. The van der Waals surface area contributed by atoms with Crippen LogP contribution in [0.4, 0.5) is 0 Å². The number of allylic oxidation sites excluding steroid dienone is 22. The minimum atomic E-state index is -1.64. The smallest absolute Gasteiger partial charge is 0.306 e. The van der Waals surface area contributed by atoms with Gasteiger partial charge >= 0.3 is 11.9 Å². The molecule has 0 bridgehead atoms. The summed E-state index contributed by atoms with van der Waals surface area (Å²) in [5.74, 6) is -2.33. The molecule has 0 aliphatic rings. The monoisotopic (exact) mass is 1180 g/mol. The third kappa shape index (κ3) is 66.8. The van der Waals surface area contributed by atoms with Gasteiger partial charge in [-0.2, -0.15) is 0 Å². The molecule has 0 saturated heterocycles. The highest BCUT2D eigenvalue weighted by Crippen LogP contribution is 2.16. The first kappa shape index (κ1) is 80.4. The first-order chi connectivity index (χ1) is 41.6. The summed E-state index contributed by atoms with van der Waals surface area (Å²) >= 11 is 0. The third-order valence-corrected chi connectivity index (χ3v) is 14.4. The molecule has 0 spiro atoms. The SMILES string of the molecule is CC/C=C\C/C=C\C/C=C\C/C=C\C/C=C\C/C=C\C/C=C\C/C=C\C/C=C\CCCCCC(=O)OC(COC(=O)CCCCCCCCCCCCCCCCCCC/C=C\C/C=C\CCCCCCC)COC(OCC[N+](C)(C)C)C(=O)[O-]. The summed E-state index contributed by atoms with van der Waals surface area (Å²) in [5, 5.41) is 11.8. The molecule has 0 rings (SSSR count). The van der Waals surface area contributed by atoms with Crippen LogP contribution >= 0.6 is 0 Å². The van der Waals surface area contributed by atoms with Crippen LogP contribution in [-0.2, 0) is 33.3 Å². The molecule has 0 aromatic rings. The zero-order valence-corrected chi connectivity index (χ0v) is 55.2. The van der Waals surface area contributed by atoms with E-state index in [1.54, 1.807) is 0 Å². The number of rotatable bonds is 62. The molecule has 0 radical (unpaired) electrons. The molecule has 0 aliphatic carbocycles. The predicted molar refractivity (Wildman–Crippen MR) is 361 cm³/mol. The van der Waals surface area contributed by atoms with Gasteiger partial charge in [-0.1, -0.05) is 276 Å². The van der Waals surface area contributed by atoms with E-state index in [4.69, 9.17) is 18.9 Å². The molecular formula is C76H127NO8.